The zero-order valence-electron chi connectivity index (χ0n) is 16.7. The molecule has 5 aromatic rings. The summed E-state index contributed by atoms with van der Waals surface area (Å²) in [6.07, 6.45) is 1.28. The van der Waals surface area contributed by atoms with E-state index in [9.17, 15) is 20.0 Å². The first-order valence-corrected chi connectivity index (χ1v) is 10.4. The predicted molar refractivity (Wildman–Crippen MR) is 127 cm³/mol. The van der Waals surface area contributed by atoms with Crippen LogP contribution in [0.15, 0.2) is 85.5 Å². The van der Waals surface area contributed by atoms with Crippen molar-refractivity contribution >= 4 is 49.7 Å². The zero-order chi connectivity index (χ0) is 23.1. The van der Waals surface area contributed by atoms with E-state index >= 15 is 0 Å². The second-order valence-electron chi connectivity index (χ2n) is 7.09. The van der Waals surface area contributed by atoms with Gasteiger partial charge in [-0.25, -0.2) is 4.98 Å². The summed E-state index contributed by atoms with van der Waals surface area (Å²) in [6.45, 7) is 0. The van der Waals surface area contributed by atoms with Gasteiger partial charge >= 0.3 is 5.69 Å². The fraction of sp³-hybridized carbons (Fsp3) is 0. The molecule has 2 aromatic heterocycles. The van der Waals surface area contributed by atoms with E-state index in [1.54, 1.807) is 36.4 Å². The number of hydrogen-bond donors (Lipinski definition) is 1. The van der Waals surface area contributed by atoms with Crippen LogP contribution in [0.5, 0.6) is 5.75 Å². The van der Waals surface area contributed by atoms with Crippen molar-refractivity contribution in [2.45, 2.75) is 0 Å². The second kappa shape index (κ2) is 7.99. The first kappa shape index (κ1) is 20.6. The molecule has 0 saturated carbocycles. The molecule has 33 heavy (non-hydrogen) atoms. The predicted octanol–water partition coefficient (Wildman–Crippen LogP) is 5.07. The number of furan rings is 1. The number of para-hydroxylation sites is 2. The second-order valence-corrected chi connectivity index (χ2v) is 7.94. The van der Waals surface area contributed by atoms with E-state index in [4.69, 9.17) is 4.42 Å². The molecule has 5 rings (SSSR count). The molecule has 0 bridgehead atoms. The Kier molecular flexibility index (Phi) is 4.98. The molecule has 0 unspecified atom stereocenters. The highest BCUT2D eigenvalue weighted by molar-refractivity contribution is 9.10. The van der Waals surface area contributed by atoms with Crippen molar-refractivity contribution in [3.63, 3.8) is 0 Å². The number of fused-ring (bicyclic) bond motifs is 2. The van der Waals surface area contributed by atoms with Crippen LogP contribution >= 0.6 is 15.9 Å². The van der Waals surface area contributed by atoms with E-state index < -0.39 is 21.9 Å². The molecule has 3 aromatic carbocycles. The summed E-state index contributed by atoms with van der Waals surface area (Å²) in [5, 5.41) is 26.6. The van der Waals surface area contributed by atoms with Gasteiger partial charge in [0.05, 0.1) is 26.5 Å². The molecular weight excluding hydrogens is 492 g/mol. The van der Waals surface area contributed by atoms with Crippen LogP contribution in [0, 0.1) is 10.1 Å². The molecule has 1 N–H and O–H groups in total. The molecule has 0 radical (unpaired) electrons. The number of nitro groups is 1. The third-order valence-electron chi connectivity index (χ3n) is 4.98. The zero-order valence-corrected chi connectivity index (χ0v) is 18.3. The lowest BCUT2D eigenvalue weighted by Gasteiger charge is -2.07. The molecule has 0 atom stereocenters. The van der Waals surface area contributed by atoms with Gasteiger partial charge in [-0.2, -0.15) is 9.78 Å². The van der Waals surface area contributed by atoms with E-state index in [-0.39, 0.29) is 10.3 Å². The summed E-state index contributed by atoms with van der Waals surface area (Å²) >= 11 is 3.10. The van der Waals surface area contributed by atoms with Crippen LogP contribution in [0.2, 0.25) is 0 Å². The largest absolute Gasteiger partial charge is 0.501 e. The number of halogens is 1. The molecule has 0 amide bonds. The van der Waals surface area contributed by atoms with Crippen LogP contribution in [0.25, 0.3) is 33.5 Å². The van der Waals surface area contributed by atoms with Gasteiger partial charge in [0.1, 0.15) is 5.58 Å². The van der Waals surface area contributed by atoms with Crippen molar-refractivity contribution in [1.82, 2.24) is 9.66 Å². The SMILES string of the molecule is O=c1c2ccccc2nc(-c2cc3ccccc3o2)n1N=Cc1cc(Br)c(O)c([N+](=O)[O-])c1. The maximum Gasteiger partial charge on any atom is 0.312 e. The molecular formula is C23H13BrN4O5. The van der Waals surface area contributed by atoms with Crippen LogP contribution in [0.1, 0.15) is 5.56 Å². The smallest absolute Gasteiger partial charge is 0.312 e. The molecule has 0 spiro atoms. The summed E-state index contributed by atoms with van der Waals surface area (Å²) in [5.74, 6) is 0.0252. The molecule has 10 heteroatoms. The summed E-state index contributed by atoms with van der Waals surface area (Å²) < 4.78 is 7.12. The van der Waals surface area contributed by atoms with Gasteiger partial charge in [0.15, 0.2) is 5.76 Å². The molecule has 9 nitrogen and oxygen atoms in total. The van der Waals surface area contributed by atoms with Gasteiger partial charge in [0.25, 0.3) is 5.56 Å². The minimum Gasteiger partial charge on any atom is -0.501 e. The van der Waals surface area contributed by atoms with Crippen LogP contribution in [0.4, 0.5) is 5.69 Å². The monoisotopic (exact) mass is 504 g/mol. The number of rotatable bonds is 4. The Morgan fingerprint density at radius 1 is 1.12 bits per heavy atom. The van der Waals surface area contributed by atoms with E-state index in [2.05, 4.69) is 26.0 Å². The standard InChI is InChI=1S/C23H13BrN4O5/c24-16-9-13(10-18(21(16)29)28(31)32)12-25-27-22(20-11-14-5-1-4-8-19(14)33-20)26-17-7-3-2-6-15(17)23(27)30/h1-12,29H. The van der Waals surface area contributed by atoms with Crippen LogP contribution < -0.4 is 5.56 Å². The average molecular weight is 505 g/mol. The Balaban J connectivity index is 1.72. The van der Waals surface area contributed by atoms with Gasteiger partial charge in [-0.3, -0.25) is 14.9 Å². The van der Waals surface area contributed by atoms with Gasteiger partial charge < -0.3 is 9.52 Å². The maximum absolute atomic E-state index is 13.3. The van der Waals surface area contributed by atoms with Crippen molar-refractivity contribution < 1.29 is 14.4 Å². The van der Waals surface area contributed by atoms with E-state index in [1.165, 1.54) is 12.3 Å². The van der Waals surface area contributed by atoms with Gasteiger partial charge in [-0.15, -0.1) is 0 Å². The summed E-state index contributed by atoms with van der Waals surface area (Å²) in [6, 6.07) is 18.6. The first-order valence-electron chi connectivity index (χ1n) is 9.64. The minimum absolute atomic E-state index is 0.125. The average Bonchev–Trinajstić information content (AvgIpc) is 3.24. The van der Waals surface area contributed by atoms with Crippen molar-refractivity contribution in [3.8, 4) is 17.3 Å². The Hall–Kier alpha value is -4.31. The minimum atomic E-state index is -0.707. The number of aromatic nitrogens is 2. The Labute approximate surface area is 193 Å². The van der Waals surface area contributed by atoms with Gasteiger partial charge in [0, 0.05) is 17.0 Å². The highest BCUT2D eigenvalue weighted by Crippen LogP contribution is 2.34. The van der Waals surface area contributed by atoms with Crippen molar-refractivity contribution in [3.05, 3.63) is 97.2 Å². The fourth-order valence-electron chi connectivity index (χ4n) is 3.43. The first-order chi connectivity index (χ1) is 15.9. The van der Waals surface area contributed by atoms with E-state index in [0.29, 0.717) is 27.8 Å². The van der Waals surface area contributed by atoms with Gasteiger partial charge in [-0.05, 0) is 46.3 Å². The highest BCUT2D eigenvalue weighted by atomic mass is 79.9. The summed E-state index contributed by atoms with van der Waals surface area (Å²) in [7, 11) is 0. The lowest BCUT2D eigenvalue weighted by Crippen LogP contribution is -2.20. The number of benzene rings is 3. The molecule has 2 heterocycles. The van der Waals surface area contributed by atoms with Gasteiger partial charge in [0.2, 0.25) is 11.6 Å². The number of nitrogens with zero attached hydrogens (tertiary/aromatic N) is 4. The Morgan fingerprint density at radius 3 is 2.67 bits per heavy atom. The quantitative estimate of drug-likeness (QED) is 0.207. The lowest BCUT2D eigenvalue weighted by molar-refractivity contribution is -0.386. The summed E-state index contributed by atoms with van der Waals surface area (Å²) in [4.78, 5) is 28.4. The third-order valence-corrected chi connectivity index (χ3v) is 5.59. The van der Waals surface area contributed by atoms with E-state index in [1.807, 2.05) is 18.2 Å². The topological polar surface area (TPSA) is 124 Å². The molecule has 0 fully saturated rings. The Morgan fingerprint density at radius 2 is 1.88 bits per heavy atom. The number of aromatic hydroxyl groups is 1. The van der Waals surface area contributed by atoms with Crippen molar-refractivity contribution in [2.24, 2.45) is 5.10 Å². The van der Waals surface area contributed by atoms with E-state index in [0.717, 1.165) is 16.1 Å². The number of phenols is 1. The molecule has 162 valence electrons. The van der Waals surface area contributed by atoms with Crippen molar-refractivity contribution in [2.75, 3.05) is 0 Å². The highest BCUT2D eigenvalue weighted by Gasteiger charge is 2.19. The molecule has 0 aliphatic carbocycles. The molecule has 0 aliphatic heterocycles. The lowest BCUT2D eigenvalue weighted by atomic mass is 10.2. The van der Waals surface area contributed by atoms with Crippen LogP contribution in [-0.4, -0.2) is 25.9 Å². The fourth-order valence-corrected chi connectivity index (χ4v) is 3.89. The Bertz CT molecular complexity index is 1620. The number of nitro benzene ring substituents is 1. The van der Waals surface area contributed by atoms with Crippen molar-refractivity contribution in [1.29, 1.82) is 0 Å². The maximum atomic E-state index is 13.3. The number of hydrogen-bond acceptors (Lipinski definition) is 7. The summed E-state index contributed by atoms with van der Waals surface area (Å²) in [5.41, 5.74) is 0.477. The molecule has 0 saturated heterocycles. The normalized spacial score (nSPS) is 11.5. The van der Waals surface area contributed by atoms with Crippen LogP contribution in [0.3, 0.4) is 0 Å². The number of phenolic OH excluding ortho intramolecular Hbond substituents is 1. The van der Waals surface area contributed by atoms with Crippen LogP contribution in [-0.2, 0) is 0 Å². The third kappa shape index (κ3) is 3.66. The molecule has 0 aliphatic rings. The van der Waals surface area contributed by atoms with Gasteiger partial charge in [-0.1, -0.05) is 30.3 Å².